The van der Waals surface area contributed by atoms with Crippen LogP contribution in [0.1, 0.15) is 0 Å². The van der Waals surface area contributed by atoms with Crippen LogP contribution < -0.4 is 0 Å². The predicted octanol–water partition coefficient (Wildman–Crippen LogP) is 8.76. The molecule has 0 bridgehead atoms. The highest BCUT2D eigenvalue weighted by molar-refractivity contribution is 6.17. The molecule has 4 heteroatoms. The summed E-state index contributed by atoms with van der Waals surface area (Å²) >= 11 is 0. The minimum atomic E-state index is 0.545. The number of fused-ring (bicyclic) bond motifs is 8. The van der Waals surface area contributed by atoms with E-state index in [1.165, 1.54) is 0 Å². The Labute approximate surface area is 205 Å². The van der Waals surface area contributed by atoms with E-state index in [2.05, 4.69) is 60.7 Å². The standard InChI is InChI=1S/C32H18N2O2/c1-2-10-22-19(7-1)15-16-28-29(22)30-32(36-28)34-26(18-33-30)21-9-5-8-20(17-21)23-12-6-13-25-24-11-3-4-14-27(24)35-31(23)25/h1-18H. The topological polar surface area (TPSA) is 52.1 Å². The lowest BCUT2D eigenvalue weighted by atomic mass is 9.99. The van der Waals surface area contributed by atoms with E-state index in [4.69, 9.17) is 18.8 Å². The first-order chi connectivity index (χ1) is 17.8. The highest BCUT2D eigenvalue weighted by Crippen LogP contribution is 2.37. The smallest absolute Gasteiger partial charge is 0.246 e. The Hall–Kier alpha value is -4.96. The van der Waals surface area contributed by atoms with Gasteiger partial charge in [0.2, 0.25) is 5.71 Å². The fourth-order valence-corrected chi connectivity index (χ4v) is 5.26. The Morgan fingerprint density at radius 3 is 2.36 bits per heavy atom. The van der Waals surface area contributed by atoms with Gasteiger partial charge >= 0.3 is 0 Å². The van der Waals surface area contributed by atoms with Crippen molar-refractivity contribution in [1.82, 2.24) is 9.97 Å². The van der Waals surface area contributed by atoms with Crippen molar-refractivity contribution >= 4 is 54.9 Å². The van der Waals surface area contributed by atoms with Crippen molar-refractivity contribution in [2.75, 3.05) is 0 Å². The van der Waals surface area contributed by atoms with Gasteiger partial charge in [0.05, 0.1) is 17.3 Å². The molecule has 0 amide bonds. The zero-order chi connectivity index (χ0) is 23.6. The zero-order valence-corrected chi connectivity index (χ0v) is 19.1. The highest BCUT2D eigenvalue weighted by Gasteiger charge is 2.16. The van der Waals surface area contributed by atoms with Crippen LogP contribution in [0.5, 0.6) is 0 Å². The van der Waals surface area contributed by atoms with Crippen LogP contribution in [0.4, 0.5) is 0 Å². The summed E-state index contributed by atoms with van der Waals surface area (Å²) in [4.78, 5) is 9.67. The van der Waals surface area contributed by atoms with E-state index in [1.54, 1.807) is 0 Å². The maximum atomic E-state index is 6.27. The lowest BCUT2D eigenvalue weighted by Gasteiger charge is -2.06. The van der Waals surface area contributed by atoms with E-state index in [1.807, 2.05) is 48.7 Å². The molecule has 8 aromatic rings. The van der Waals surface area contributed by atoms with Crippen molar-refractivity contribution in [3.63, 3.8) is 0 Å². The van der Waals surface area contributed by atoms with Crippen molar-refractivity contribution in [1.29, 1.82) is 0 Å². The van der Waals surface area contributed by atoms with Crippen molar-refractivity contribution in [3.05, 3.63) is 109 Å². The molecule has 5 aromatic carbocycles. The Morgan fingerprint density at radius 1 is 0.583 bits per heavy atom. The molecule has 168 valence electrons. The monoisotopic (exact) mass is 462 g/mol. The van der Waals surface area contributed by atoms with Crippen LogP contribution in [0, 0.1) is 0 Å². The second-order valence-corrected chi connectivity index (χ2v) is 9.03. The first kappa shape index (κ1) is 19.4. The van der Waals surface area contributed by atoms with E-state index in [9.17, 15) is 0 Å². The summed E-state index contributed by atoms with van der Waals surface area (Å²) in [6.45, 7) is 0. The molecule has 8 rings (SSSR count). The summed E-state index contributed by atoms with van der Waals surface area (Å²) in [6.07, 6.45) is 1.83. The quantitative estimate of drug-likeness (QED) is 0.258. The van der Waals surface area contributed by atoms with Crippen molar-refractivity contribution in [3.8, 4) is 22.4 Å². The summed E-state index contributed by atoms with van der Waals surface area (Å²) in [5.74, 6) is 0. The zero-order valence-electron chi connectivity index (χ0n) is 19.1. The average molecular weight is 463 g/mol. The van der Waals surface area contributed by atoms with Crippen LogP contribution in [0.2, 0.25) is 0 Å². The van der Waals surface area contributed by atoms with Gasteiger partial charge in [-0.1, -0.05) is 84.9 Å². The second kappa shape index (κ2) is 7.27. The van der Waals surface area contributed by atoms with Gasteiger partial charge < -0.3 is 8.83 Å². The van der Waals surface area contributed by atoms with Gasteiger partial charge in [0.25, 0.3) is 0 Å². The lowest BCUT2D eigenvalue weighted by molar-refractivity contribution is 0.653. The van der Waals surface area contributed by atoms with Gasteiger partial charge in [0.15, 0.2) is 0 Å². The first-order valence-corrected chi connectivity index (χ1v) is 11.9. The molecule has 4 nitrogen and oxygen atoms in total. The highest BCUT2D eigenvalue weighted by atomic mass is 16.3. The van der Waals surface area contributed by atoms with Gasteiger partial charge in [-0.2, -0.15) is 0 Å². The van der Waals surface area contributed by atoms with E-state index in [-0.39, 0.29) is 0 Å². The predicted molar refractivity (Wildman–Crippen MR) is 145 cm³/mol. The third-order valence-corrected chi connectivity index (χ3v) is 6.95. The summed E-state index contributed by atoms with van der Waals surface area (Å²) in [7, 11) is 0. The summed E-state index contributed by atoms with van der Waals surface area (Å²) in [6, 6.07) is 35.1. The molecule has 0 saturated carbocycles. The van der Waals surface area contributed by atoms with Gasteiger partial charge in [-0.15, -0.1) is 0 Å². The molecule has 0 atom stereocenters. The largest absolute Gasteiger partial charge is 0.455 e. The molecule has 0 unspecified atom stereocenters. The first-order valence-electron chi connectivity index (χ1n) is 11.9. The molecule has 0 aliphatic carbocycles. The average Bonchev–Trinajstić information content (AvgIpc) is 3.51. The molecule has 0 fully saturated rings. The second-order valence-electron chi connectivity index (χ2n) is 9.03. The van der Waals surface area contributed by atoms with Gasteiger partial charge in [0, 0.05) is 21.9 Å². The number of nitrogens with zero attached hydrogens (tertiary/aromatic N) is 2. The molecular formula is C32H18N2O2. The molecule has 0 N–H and O–H groups in total. The van der Waals surface area contributed by atoms with Crippen LogP contribution in [-0.4, -0.2) is 9.97 Å². The Balaban J connectivity index is 1.29. The van der Waals surface area contributed by atoms with Crippen LogP contribution in [0.25, 0.3) is 77.3 Å². The molecule has 0 spiro atoms. The SMILES string of the molecule is c1cc(-c2cnc3c(n2)oc2ccc4ccccc4c23)cc(-c2cccc3c2oc2ccccc23)c1. The van der Waals surface area contributed by atoms with Crippen molar-refractivity contribution in [2.24, 2.45) is 0 Å². The normalized spacial score (nSPS) is 11.9. The molecular weight excluding hydrogens is 444 g/mol. The Kier molecular flexibility index (Phi) is 3.91. The number of aromatic nitrogens is 2. The van der Waals surface area contributed by atoms with Crippen LogP contribution in [-0.2, 0) is 0 Å². The molecule has 0 saturated heterocycles. The Morgan fingerprint density at radius 2 is 1.39 bits per heavy atom. The minimum absolute atomic E-state index is 0.545. The minimum Gasteiger partial charge on any atom is -0.455 e. The molecule has 0 aliphatic heterocycles. The number of benzene rings is 5. The van der Waals surface area contributed by atoms with Crippen LogP contribution in [0.15, 0.2) is 118 Å². The van der Waals surface area contributed by atoms with E-state index >= 15 is 0 Å². The number of furan rings is 2. The molecule has 0 aliphatic rings. The van der Waals surface area contributed by atoms with E-state index < -0.39 is 0 Å². The van der Waals surface area contributed by atoms with E-state index in [0.29, 0.717) is 5.71 Å². The Bertz CT molecular complexity index is 2120. The van der Waals surface area contributed by atoms with Gasteiger partial charge in [-0.05, 0) is 34.5 Å². The third kappa shape index (κ3) is 2.75. The molecule has 36 heavy (non-hydrogen) atoms. The number of rotatable bonds is 2. The third-order valence-electron chi connectivity index (χ3n) is 6.95. The fourth-order valence-electron chi connectivity index (χ4n) is 5.26. The van der Waals surface area contributed by atoms with E-state index in [0.717, 1.165) is 71.6 Å². The van der Waals surface area contributed by atoms with Gasteiger partial charge in [-0.25, -0.2) is 9.97 Å². The van der Waals surface area contributed by atoms with Crippen molar-refractivity contribution in [2.45, 2.75) is 0 Å². The van der Waals surface area contributed by atoms with Gasteiger partial charge in [-0.3, -0.25) is 0 Å². The fraction of sp³-hybridized carbons (Fsp3) is 0. The summed E-state index contributed by atoms with van der Waals surface area (Å²) in [5.41, 5.74) is 7.77. The lowest BCUT2D eigenvalue weighted by Crippen LogP contribution is -1.88. The number of para-hydroxylation sites is 2. The van der Waals surface area contributed by atoms with Crippen LogP contribution >= 0.6 is 0 Å². The molecule has 0 radical (unpaired) electrons. The number of hydrogen-bond acceptors (Lipinski definition) is 4. The van der Waals surface area contributed by atoms with Crippen molar-refractivity contribution < 1.29 is 8.83 Å². The summed E-state index contributed by atoms with van der Waals surface area (Å²) < 4.78 is 12.4. The number of hydrogen-bond donors (Lipinski definition) is 0. The maximum Gasteiger partial charge on any atom is 0.246 e. The summed E-state index contributed by atoms with van der Waals surface area (Å²) in [5, 5.41) is 5.53. The van der Waals surface area contributed by atoms with Gasteiger partial charge in [0.1, 0.15) is 22.3 Å². The van der Waals surface area contributed by atoms with Crippen LogP contribution in [0.3, 0.4) is 0 Å². The molecule has 3 aromatic heterocycles. The molecule has 3 heterocycles. The maximum absolute atomic E-state index is 6.27.